The number of aromatic nitrogens is 4. The first-order valence-corrected chi connectivity index (χ1v) is 14.3. The van der Waals surface area contributed by atoms with Gasteiger partial charge >= 0.3 is 0 Å². The maximum Gasteiger partial charge on any atom is 0.229 e. The highest BCUT2D eigenvalue weighted by Crippen LogP contribution is 2.35. The van der Waals surface area contributed by atoms with Gasteiger partial charge in [-0.25, -0.2) is 13.4 Å². The minimum Gasteiger partial charge on any atom is -0.351 e. The molecule has 0 atom stereocenters. The van der Waals surface area contributed by atoms with Crippen molar-refractivity contribution in [3.05, 3.63) is 83.2 Å². The van der Waals surface area contributed by atoms with E-state index in [-0.39, 0.29) is 15.6 Å². The van der Waals surface area contributed by atoms with Gasteiger partial charge in [0.05, 0.1) is 15.1 Å². The number of hydrogen-bond acceptors (Lipinski definition) is 7. The van der Waals surface area contributed by atoms with Crippen LogP contribution in [0.5, 0.6) is 0 Å². The Morgan fingerprint density at radius 1 is 1.00 bits per heavy atom. The molecule has 1 aliphatic rings. The van der Waals surface area contributed by atoms with Gasteiger partial charge in [0.2, 0.25) is 14.9 Å². The average molecular weight is 516 g/mol. The molecule has 0 unspecified atom stereocenters. The van der Waals surface area contributed by atoms with Crippen LogP contribution >= 0.6 is 11.3 Å². The van der Waals surface area contributed by atoms with Crippen LogP contribution in [0.25, 0.3) is 21.4 Å². The van der Waals surface area contributed by atoms with Crippen molar-refractivity contribution in [2.45, 2.75) is 36.1 Å². The van der Waals surface area contributed by atoms with E-state index >= 15 is 0 Å². The molecule has 5 aromatic rings. The number of nitrogens with zero attached hydrogens (tertiary/aromatic N) is 5. The lowest BCUT2D eigenvalue weighted by Crippen LogP contribution is -2.29. The Hall–Kier alpha value is -3.56. The highest BCUT2D eigenvalue weighted by atomic mass is 32.2. The zero-order valence-electron chi connectivity index (χ0n) is 20.0. The predicted octanol–water partition coefficient (Wildman–Crippen LogP) is 5.59. The van der Waals surface area contributed by atoms with E-state index in [0.29, 0.717) is 12.5 Å². The van der Waals surface area contributed by atoms with Gasteiger partial charge in [-0.15, -0.1) is 16.4 Å². The molecule has 6 rings (SSSR count). The van der Waals surface area contributed by atoms with E-state index in [2.05, 4.69) is 59.4 Å². The van der Waals surface area contributed by atoms with E-state index in [1.54, 1.807) is 28.0 Å². The number of fused-ring (bicyclic) bond motifs is 3. The van der Waals surface area contributed by atoms with Crippen LogP contribution in [-0.4, -0.2) is 41.3 Å². The molecule has 36 heavy (non-hydrogen) atoms. The summed E-state index contributed by atoms with van der Waals surface area (Å²) < 4.78 is 29.7. The molecule has 0 bridgehead atoms. The summed E-state index contributed by atoms with van der Waals surface area (Å²) in [5.41, 5.74) is 4.69. The summed E-state index contributed by atoms with van der Waals surface area (Å²) in [5, 5.41) is 10.2. The fourth-order valence-corrected chi connectivity index (χ4v) is 6.74. The van der Waals surface area contributed by atoms with Crippen molar-refractivity contribution in [1.82, 2.24) is 19.8 Å². The number of hydrogen-bond donors (Lipinski definition) is 0. The minimum atomic E-state index is -3.89. The summed E-state index contributed by atoms with van der Waals surface area (Å²) in [5.74, 6) is 1.08. The fourth-order valence-electron chi connectivity index (χ4n) is 4.62. The maximum atomic E-state index is 13.6. The van der Waals surface area contributed by atoms with Crippen molar-refractivity contribution in [2.75, 3.05) is 18.0 Å². The normalized spacial score (nSPS) is 14.6. The lowest BCUT2D eigenvalue weighted by Gasteiger charge is -2.28. The molecule has 0 N–H and O–H groups in total. The van der Waals surface area contributed by atoms with Crippen LogP contribution in [0.15, 0.2) is 82.0 Å². The van der Waals surface area contributed by atoms with Gasteiger partial charge in [0.1, 0.15) is 0 Å². The van der Waals surface area contributed by atoms with Gasteiger partial charge in [-0.1, -0.05) is 67.6 Å². The highest BCUT2D eigenvalue weighted by Gasteiger charge is 2.28. The van der Waals surface area contributed by atoms with Crippen LogP contribution in [0.4, 0.5) is 5.82 Å². The molecule has 7 nitrogen and oxygen atoms in total. The molecule has 1 aliphatic heterocycles. The smallest absolute Gasteiger partial charge is 0.229 e. The molecule has 2 aromatic carbocycles. The van der Waals surface area contributed by atoms with Crippen molar-refractivity contribution in [2.24, 2.45) is 0 Å². The first kappa shape index (κ1) is 22.9. The van der Waals surface area contributed by atoms with Gasteiger partial charge in [-0.2, -0.15) is 4.52 Å². The Balaban J connectivity index is 1.43. The summed E-state index contributed by atoms with van der Waals surface area (Å²) >= 11 is 1.57. The Bertz CT molecular complexity index is 1700. The summed E-state index contributed by atoms with van der Waals surface area (Å²) in [6, 6.07) is 19.3. The molecule has 0 amide bonds. The molecule has 0 saturated heterocycles. The lowest BCUT2D eigenvalue weighted by molar-refractivity contribution is 0.592. The molecule has 9 heteroatoms. The zero-order valence-corrected chi connectivity index (χ0v) is 21.6. The van der Waals surface area contributed by atoms with Crippen LogP contribution < -0.4 is 4.90 Å². The second kappa shape index (κ2) is 8.83. The Morgan fingerprint density at radius 3 is 2.47 bits per heavy atom. The van der Waals surface area contributed by atoms with E-state index in [1.165, 1.54) is 11.1 Å². The van der Waals surface area contributed by atoms with Gasteiger partial charge in [0, 0.05) is 13.1 Å². The van der Waals surface area contributed by atoms with Crippen LogP contribution in [0.2, 0.25) is 0 Å². The second-order valence-corrected chi connectivity index (χ2v) is 12.0. The molecule has 0 radical (unpaired) electrons. The maximum absolute atomic E-state index is 13.6. The van der Waals surface area contributed by atoms with Gasteiger partial charge < -0.3 is 4.90 Å². The van der Waals surface area contributed by atoms with Crippen LogP contribution in [0, 0.1) is 0 Å². The van der Waals surface area contributed by atoms with Crippen molar-refractivity contribution >= 4 is 48.4 Å². The molecule has 0 saturated carbocycles. The second-order valence-electron chi connectivity index (χ2n) is 9.22. The minimum absolute atomic E-state index is 0.119. The van der Waals surface area contributed by atoms with Crippen LogP contribution in [0.3, 0.4) is 0 Å². The average Bonchev–Trinajstić information content (AvgIpc) is 3.56. The number of benzene rings is 2. The fraction of sp³-hybridized carbons (Fsp3) is 0.222. The Kier molecular flexibility index (Phi) is 5.61. The summed E-state index contributed by atoms with van der Waals surface area (Å²) in [7, 11) is -3.89. The predicted molar refractivity (Wildman–Crippen MR) is 143 cm³/mol. The third kappa shape index (κ3) is 3.79. The van der Waals surface area contributed by atoms with E-state index < -0.39 is 9.84 Å². The molecule has 4 heterocycles. The number of sulfone groups is 1. The number of thiophene rings is 1. The van der Waals surface area contributed by atoms with Crippen molar-refractivity contribution in [3.63, 3.8) is 0 Å². The number of rotatable bonds is 5. The monoisotopic (exact) mass is 515 g/mol. The quantitative estimate of drug-likeness (QED) is 0.304. The molecule has 0 spiro atoms. The molecule has 0 aliphatic carbocycles. The van der Waals surface area contributed by atoms with E-state index in [1.807, 2.05) is 29.6 Å². The molecular formula is C27H25N5O2S2. The lowest BCUT2D eigenvalue weighted by atomic mass is 10.00. The molecule has 182 valence electrons. The third-order valence-electron chi connectivity index (χ3n) is 6.67. The summed E-state index contributed by atoms with van der Waals surface area (Å²) in [6.07, 6.45) is 3.11. The van der Waals surface area contributed by atoms with Crippen molar-refractivity contribution < 1.29 is 8.42 Å². The Labute approximate surface area is 213 Å². The highest BCUT2D eigenvalue weighted by molar-refractivity contribution is 7.91. The van der Waals surface area contributed by atoms with E-state index in [0.717, 1.165) is 34.6 Å². The molecular weight excluding hydrogens is 490 g/mol. The largest absolute Gasteiger partial charge is 0.351 e. The SMILES string of the molecule is CC(C)c1ccc(S(=O)(=O)c2nnn3c2nc(N2CC=C(c4ccccc4)CC2)c2sccc23)cc1. The summed E-state index contributed by atoms with van der Waals surface area (Å²) in [4.78, 5) is 7.25. The summed E-state index contributed by atoms with van der Waals surface area (Å²) in [6.45, 7) is 5.64. The van der Waals surface area contributed by atoms with Gasteiger partial charge in [-0.05, 0) is 52.6 Å². The van der Waals surface area contributed by atoms with Gasteiger partial charge in [-0.3, -0.25) is 0 Å². The first-order valence-electron chi connectivity index (χ1n) is 11.9. The topological polar surface area (TPSA) is 80.5 Å². The van der Waals surface area contributed by atoms with Gasteiger partial charge in [0.15, 0.2) is 11.5 Å². The standard InChI is InChI=1S/C27H25N5O2S2/c1-18(2)19-8-10-22(11-9-19)36(33,34)27-26-28-25(24-23(14-17-35-24)32(26)30-29-27)31-15-12-21(13-16-31)20-6-4-3-5-7-20/h3-12,14,17-18H,13,15-16H2,1-2H3. The van der Waals surface area contributed by atoms with Gasteiger partial charge in [0.25, 0.3) is 0 Å². The van der Waals surface area contributed by atoms with E-state index in [4.69, 9.17) is 4.98 Å². The van der Waals surface area contributed by atoms with Crippen LogP contribution in [-0.2, 0) is 9.84 Å². The van der Waals surface area contributed by atoms with Crippen molar-refractivity contribution in [1.29, 1.82) is 0 Å². The molecule has 3 aromatic heterocycles. The zero-order chi connectivity index (χ0) is 24.9. The first-order chi connectivity index (χ1) is 17.4. The van der Waals surface area contributed by atoms with E-state index in [9.17, 15) is 8.42 Å². The third-order valence-corrected chi connectivity index (χ3v) is 9.23. The van der Waals surface area contributed by atoms with Crippen LogP contribution in [0.1, 0.15) is 37.3 Å². The number of anilines is 1. The molecule has 0 fully saturated rings. The van der Waals surface area contributed by atoms with Crippen molar-refractivity contribution in [3.8, 4) is 0 Å². The Morgan fingerprint density at radius 2 is 1.78 bits per heavy atom.